The minimum atomic E-state index is 0.206. The molecule has 0 saturated carbocycles. The minimum Gasteiger partial charge on any atom is -0.373 e. The first-order valence-corrected chi connectivity index (χ1v) is 9.41. The Hall–Kier alpha value is -2.20. The second-order valence-electron chi connectivity index (χ2n) is 7.92. The molecule has 1 aromatic carbocycles. The van der Waals surface area contributed by atoms with E-state index in [0.717, 1.165) is 29.2 Å². The normalized spacial score (nSPS) is 29.8. The van der Waals surface area contributed by atoms with Gasteiger partial charge in [-0.3, -0.25) is 0 Å². The van der Waals surface area contributed by atoms with Gasteiger partial charge in [0, 0.05) is 35.6 Å². The lowest BCUT2D eigenvalue weighted by Gasteiger charge is -2.33. The monoisotopic (exact) mass is 349 g/mol. The summed E-state index contributed by atoms with van der Waals surface area (Å²) in [5.41, 5.74) is 5.85. The molecular weight excluding hydrogens is 322 g/mol. The maximum absolute atomic E-state index is 6.34. The third-order valence-corrected chi connectivity index (χ3v) is 6.04. The maximum atomic E-state index is 6.34. The average Bonchev–Trinajstić information content (AvgIpc) is 3.16. The van der Waals surface area contributed by atoms with Crippen LogP contribution in [0.5, 0.6) is 0 Å². The fourth-order valence-electron chi connectivity index (χ4n) is 4.50. The number of ether oxygens (including phenoxy) is 1. The van der Waals surface area contributed by atoms with Gasteiger partial charge in [0.2, 0.25) is 0 Å². The van der Waals surface area contributed by atoms with E-state index < -0.39 is 0 Å². The first-order chi connectivity index (χ1) is 12.4. The van der Waals surface area contributed by atoms with Gasteiger partial charge < -0.3 is 10.1 Å². The molecule has 3 heterocycles. The molecule has 0 radical (unpaired) electrons. The molecule has 2 fully saturated rings. The van der Waals surface area contributed by atoms with Crippen molar-refractivity contribution in [2.75, 3.05) is 5.32 Å². The van der Waals surface area contributed by atoms with E-state index >= 15 is 0 Å². The molecule has 5 atom stereocenters. The Morgan fingerprint density at radius 3 is 2.58 bits per heavy atom. The van der Waals surface area contributed by atoms with Crippen LogP contribution in [0.3, 0.4) is 0 Å². The molecule has 1 N–H and O–H groups in total. The summed E-state index contributed by atoms with van der Waals surface area (Å²) in [6.07, 6.45) is 5.44. The van der Waals surface area contributed by atoms with Gasteiger partial charge in [-0.25, -0.2) is 9.97 Å². The van der Waals surface area contributed by atoms with E-state index in [1.165, 1.54) is 11.1 Å². The summed E-state index contributed by atoms with van der Waals surface area (Å²) in [5, 5.41) is 3.55. The van der Waals surface area contributed by atoms with Crippen LogP contribution in [0.2, 0.25) is 0 Å². The molecule has 26 heavy (non-hydrogen) atoms. The summed E-state index contributed by atoms with van der Waals surface area (Å²) in [7, 11) is 0. The fraction of sp³-hybridized carbons (Fsp3) is 0.455. The summed E-state index contributed by atoms with van der Waals surface area (Å²) >= 11 is 0. The van der Waals surface area contributed by atoms with Crippen LogP contribution in [0, 0.1) is 32.6 Å². The molecule has 2 aliphatic heterocycles. The standard InChI is InChI=1S/C22H27N3O/c1-12-6-7-18(8-13(12)2)25-15(4)20-21(17-10-23-16(5)24-11-17)19-9-14(3)22(20)26-19/h6-8,10-11,14,19-22,25H,4,9H2,1-3,5H3. The number of nitrogens with zero attached hydrogens (tertiary/aromatic N) is 2. The summed E-state index contributed by atoms with van der Waals surface area (Å²) in [6.45, 7) is 12.9. The highest BCUT2D eigenvalue weighted by Crippen LogP contribution is 2.53. The number of rotatable bonds is 4. The van der Waals surface area contributed by atoms with E-state index in [9.17, 15) is 0 Å². The minimum absolute atomic E-state index is 0.206. The van der Waals surface area contributed by atoms with Gasteiger partial charge >= 0.3 is 0 Å². The SMILES string of the molecule is C=C(Nc1ccc(C)c(C)c1)C1C2OC(CC2C)C1c1cnc(C)nc1. The number of aromatic nitrogens is 2. The van der Waals surface area contributed by atoms with Gasteiger partial charge in [0.15, 0.2) is 0 Å². The van der Waals surface area contributed by atoms with Crippen LogP contribution in [-0.4, -0.2) is 22.2 Å². The zero-order chi connectivity index (χ0) is 18.4. The molecule has 2 aliphatic rings. The zero-order valence-electron chi connectivity index (χ0n) is 16.0. The van der Waals surface area contributed by atoms with Crippen molar-refractivity contribution < 1.29 is 4.74 Å². The Bertz CT molecular complexity index is 830. The van der Waals surface area contributed by atoms with Crippen molar-refractivity contribution in [3.05, 3.63) is 65.4 Å². The Kier molecular flexibility index (Phi) is 4.31. The maximum Gasteiger partial charge on any atom is 0.125 e. The predicted molar refractivity (Wildman–Crippen MR) is 104 cm³/mol. The molecule has 1 aromatic heterocycles. The number of aryl methyl sites for hydroxylation is 3. The Morgan fingerprint density at radius 1 is 1.15 bits per heavy atom. The molecule has 2 bridgehead atoms. The summed E-state index contributed by atoms with van der Waals surface area (Å²) in [4.78, 5) is 8.82. The molecule has 0 spiro atoms. The van der Waals surface area contributed by atoms with Gasteiger partial charge in [-0.05, 0) is 61.9 Å². The van der Waals surface area contributed by atoms with Crippen molar-refractivity contribution in [3.8, 4) is 0 Å². The molecule has 136 valence electrons. The van der Waals surface area contributed by atoms with Crippen molar-refractivity contribution in [1.29, 1.82) is 0 Å². The van der Waals surface area contributed by atoms with Crippen molar-refractivity contribution >= 4 is 5.69 Å². The lowest BCUT2D eigenvalue weighted by Crippen LogP contribution is -2.33. The summed E-state index contributed by atoms with van der Waals surface area (Å²) in [6, 6.07) is 6.45. The molecule has 4 heteroatoms. The molecule has 0 aliphatic carbocycles. The van der Waals surface area contributed by atoms with Crippen LogP contribution in [0.15, 0.2) is 42.9 Å². The van der Waals surface area contributed by atoms with E-state index in [0.29, 0.717) is 5.92 Å². The van der Waals surface area contributed by atoms with Gasteiger partial charge in [0.25, 0.3) is 0 Å². The van der Waals surface area contributed by atoms with Gasteiger partial charge in [0.05, 0.1) is 12.2 Å². The lowest BCUT2D eigenvalue weighted by atomic mass is 9.71. The summed E-state index contributed by atoms with van der Waals surface area (Å²) < 4.78 is 6.34. The summed E-state index contributed by atoms with van der Waals surface area (Å²) in [5.74, 6) is 1.85. The second-order valence-corrected chi connectivity index (χ2v) is 7.92. The van der Waals surface area contributed by atoms with Gasteiger partial charge in [-0.1, -0.05) is 19.6 Å². The molecule has 4 nitrogen and oxygen atoms in total. The number of benzene rings is 1. The predicted octanol–water partition coefficient (Wildman–Crippen LogP) is 4.53. The highest BCUT2D eigenvalue weighted by Gasteiger charge is 2.54. The van der Waals surface area contributed by atoms with E-state index in [-0.39, 0.29) is 24.0 Å². The Labute approximate surface area is 155 Å². The van der Waals surface area contributed by atoms with E-state index in [1.54, 1.807) is 0 Å². The number of anilines is 1. The number of hydrogen-bond acceptors (Lipinski definition) is 4. The van der Waals surface area contributed by atoms with Crippen LogP contribution < -0.4 is 5.32 Å². The van der Waals surface area contributed by atoms with Crippen LogP contribution in [0.1, 0.15) is 41.8 Å². The third kappa shape index (κ3) is 2.92. The van der Waals surface area contributed by atoms with Crippen molar-refractivity contribution in [2.45, 2.75) is 52.2 Å². The highest BCUT2D eigenvalue weighted by molar-refractivity contribution is 5.52. The molecular formula is C22H27N3O. The number of fused-ring (bicyclic) bond motifs is 2. The van der Waals surface area contributed by atoms with Gasteiger partial charge in [-0.15, -0.1) is 0 Å². The smallest absolute Gasteiger partial charge is 0.125 e. The average molecular weight is 349 g/mol. The lowest BCUT2D eigenvalue weighted by molar-refractivity contribution is 0.0833. The van der Waals surface area contributed by atoms with Crippen LogP contribution >= 0.6 is 0 Å². The molecule has 5 unspecified atom stereocenters. The Balaban J connectivity index is 1.62. The van der Waals surface area contributed by atoms with Crippen LogP contribution in [0.25, 0.3) is 0 Å². The fourth-order valence-corrected chi connectivity index (χ4v) is 4.50. The van der Waals surface area contributed by atoms with Crippen LogP contribution in [0.4, 0.5) is 5.69 Å². The van der Waals surface area contributed by atoms with Gasteiger partial charge in [0.1, 0.15) is 5.82 Å². The molecule has 4 rings (SSSR count). The number of hydrogen-bond donors (Lipinski definition) is 1. The molecule has 2 aromatic rings. The molecule has 0 amide bonds. The van der Waals surface area contributed by atoms with Crippen molar-refractivity contribution in [3.63, 3.8) is 0 Å². The van der Waals surface area contributed by atoms with Gasteiger partial charge in [-0.2, -0.15) is 0 Å². The first-order valence-electron chi connectivity index (χ1n) is 9.41. The van der Waals surface area contributed by atoms with Crippen molar-refractivity contribution in [1.82, 2.24) is 9.97 Å². The second kappa shape index (κ2) is 6.51. The quantitative estimate of drug-likeness (QED) is 0.881. The van der Waals surface area contributed by atoms with Crippen LogP contribution in [-0.2, 0) is 4.74 Å². The third-order valence-electron chi connectivity index (χ3n) is 6.04. The van der Waals surface area contributed by atoms with E-state index in [2.05, 4.69) is 60.8 Å². The van der Waals surface area contributed by atoms with E-state index in [1.807, 2.05) is 19.3 Å². The highest BCUT2D eigenvalue weighted by atomic mass is 16.5. The largest absolute Gasteiger partial charge is 0.373 e. The zero-order valence-corrected chi connectivity index (χ0v) is 16.0. The molecule has 2 saturated heterocycles. The van der Waals surface area contributed by atoms with Crippen molar-refractivity contribution in [2.24, 2.45) is 11.8 Å². The first kappa shape index (κ1) is 17.2. The number of nitrogens with one attached hydrogen (secondary N) is 1. The van der Waals surface area contributed by atoms with E-state index in [4.69, 9.17) is 4.74 Å². The topological polar surface area (TPSA) is 47.0 Å². The Morgan fingerprint density at radius 2 is 1.88 bits per heavy atom.